The van der Waals surface area contributed by atoms with Crippen LogP contribution in [0.15, 0.2) is 42.5 Å². The minimum absolute atomic E-state index is 0. The van der Waals surface area contributed by atoms with Gasteiger partial charge in [0, 0.05) is 12.7 Å². The summed E-state index contributed by atoms with van der Waals surface area (Å²) in [7, 11) is 1.76. The van der Waals surface area contributed by atoms with Gasteiger partial charge in [0.2, 0.25) is 0 Å². The number of rotatable bonds is 10. The molecule has 0 saturated heterocycles. The molecule has 2 aromatic rings. The fourth-order valence-corrected chi connectivity index (χ4v) is 5.27. The molecule has 2 N–H and O–H groups in total. The number of carboxylic acid groups (broad SMARTS) is 1. The Hall–Kier alpha value is -1.71. The van der Waals surface area contributed by atoms with Gasteiger partial charge in [0.15, 0.2) is 0 Å². The fourth-order valence-electron chi connectivity index (χ4n) is 4.80. The molecule has 1 aliphatic rings. The number of carboxylic acids is 1. The molecule has 34 heavy (non-hydrogen) atoms. The van der Waals surface area contributed by atoms with E-state index in [1.54, 1.807) is 18.9 Å². The van der Waals surface area contributed by atoms with Crippen molar-refractivity contribution in [1.29, 1.82) is 0 Å². The van der Waals surface area contributed by atoms with Gasteiger partial charge >= 0.3 is 24.8 Å². The van der Waals surface area contributed by atoms with Gasteiger partial charge in [0.1, 0.15) is 6.04 Å². The van der Waals surface area contributed by atoms with Crippen molar-refractivity contribution in [3.8, 4) is 11.1 Å². The Morgan fingerprint density at radius 3 is 2.44 bits per heavy atom. The summed E-state index contributed by atoms with van der Waals surface area (Å²) in [6.45, 7) is 2.02. The molecule has 1 fully saturated rings. The SMILES string of the molecule is COC(c1ccc(C(=O)NC(CCSC)C(=O)O)c(-c2ccccc2C)c1)C1CCCCC1.[Li+]. The van der Waals surface area contributed by atoms with Gasteiger partial charge in [-0.2, -0.15) is 11.8 Å². The average molecular weight is 477 g/mol. The van der Waals surface area contributed by atoms with E-state index in [1.807, 2.05) is 49.6 Å². The molecule has 1 aliphatic carbocycles. The molecule has 1 amide bonds. The summed E-state index contributed by atoms with van der Waals surface area (Å²) in [6.07, 6.45) is 8.32. The molecule has 0 aliphatic heterocycles. The third kappa shape index (κ3) is 7.15. The Balaban J connectivity index is 0.00000408. The van der Waals surface area contributed by atoms with Crippen molar-refractivity contribution in [2.75, 3.05) is 19.1 Å². The van der Waals surface area contributed by atoms with Crippen molar-refractivity contribution in [3.05, 3.63) is 59.2 Å². The van der Waals surface area contributed by atoms with Crippen molar-refractivity contribution >= 4 is 23.6 Å². The average Bonchev–Trinajstić information content (AvgIpc) is 2.83. The number of hydrogen-bond acceptors (Lipinski definition) is 4. The molecule has 0 heterocycles. The van der Waals surface area contributed by atoms with Crippen LogP contribution in [0.25, 0.3) is 11.1 Å². The van der Waals surface area contributed by atoms with Gasteiger partial charge in [-0.05, 0) is 78.5 Å². The van der Waals surface area contributed by atoms with Crippen LogP contribution in [0.3, 0.4) is 0 Å². The summed E-state index contributed by atoms with van der Waals surface area (Å²) in [6, 6.07) is 12.9. The molecule has 0 spiro atoms. The molecule has 1 saturated carbocycles. The summed E-state index contributed by atoms with van der Waals surface area (Å²) in [5.41, 5.74) is 4.40. The molecular weight excluding hydrogens is 441 g/mol. The van der Waals surface area contributed by atoms with Gasteiger partial charge in [-0.1, -0.05) is 49.6 Å². The molecule has 0 aromatic heterocycles. The van der Waals surface area contributed by atoms with Crippen LogP contribution in [0.1, 0.15) is 66.1 Å². The molecule has 2 unspecified atom stereocenters. The quantitative estimate of drug-likeness (QED) is 0.516. The number of ether oxygens (including phenoxy) is 1. The Morgan fingerprint density at radius 2 is 1.82 bits per heavy atom. The molecule has 2 atom stereocenters. The van der Waals surface area contributed by atoms with E-state index in [4.69, 9.17) is 4.74 Å². The molecule has 3 rings (SSSR count). The maximum absolute atomic E-state index is 13.3. The van der Waals surface area contributed by atoms with E-state index in [-0.39, 0.29) is 30.9 Å². The predicted octanol–water partition coefficient (Wildman–Crippen LogP) is 2.87. The van der Waals surface area contributed by atoms with Crippen molar-refractivity contribution in [2.24, 2.45) is 5.92 Å². The van der Waals surface area contributed by atoms with Crippen LogP contribution in [-0.2, 0) is 9.53 Å². The van der Waals surface area contributed by atoms with E-state index in [2.05, 4.69) is 11.4 Å². The van der Waals surface area contributed by atoms with E-state index in [0.717, 1.165) is 35.1 Å². The Bertz CT molecular complexity index is 961. The van der Waals surface area contributed by atoms with Crippen molar-refractivity contribution in [2.45, 2.75) is 57.6 Å². The van der Waals surface area contributed by atoms with Crippen LogP contribution in [-0.4, -0.2) is 42.1 Å². The normalized spacial score (nSPS) is 15.7. The number of aryl methyl sites for hydroxylation is 1. The van der Waals surface area contributed by atoms with Crippen LogP contribution < -0.4 is 24.2 Å². The summed E-state index contributed by atoms with van der Waals surface area (Å²) in [5.74, 6) is -0.239. The monoisotopic (exact) mass is 476 g/mol. The van der Waals surface area contributed by atoms with E-state index in [0.29, 0.717) is 23.7 Å². The summed E-state index contributed by atoms with van der Waals surface area (Å²) in [4.78, 5) is 25.0. The second kappa shape index (κ2) is 14.0. The van der Waals surface area contributed by atoms with Gasteiger partial charge < -0.3 is 15.2 Å². The van der Waals surface area contributed by atoms with Gasteiger partial charge in [0.05, 0.1) is 6.10 Å². The number of thioether (sulfide) groups is 1. The topological polar surface area (TPSA) is 75.6 Å². The molecule has 0 radical (unpaired) electrons. The first-order valence-corrected chi connectivity index (χ1v) is 13.1. The molecule has 7 heteroatoms. The maximum Gasteiger partial charge on any atom is 1.00 e. The minimum atomic E-state index is -1.01. The number of hydrogen-bond donors (Lipinski definition) is 2. The summed E-state index contributed by atoms with van der Waals surface area (Å²) in [5, 5.41) is 12.3. The van der Waals surface area contributed by atoms with Crippen LogP contribution in [0.2, 0.25) is 0 Å². The Labute approximate surface area is 219 Å². The van der Waals surface area contributed by atoms with Crippen LogP contribution in [0, 0.1) is 12.8 Å². The minimum Gasteiger partial charge on any atom is -0.480 e. The largest absolute Gasteiger partial charge is 1.00 e. The summed E-state index contributed by atoms with van der Waals surface area (Å²) >= 11 is 1.56. The molecule has 178 valence electrons. The zero-order chi connectivity index (χ0) is 23.8. The fraction of sp³-hybridized carbons (Fsp3) is 0.481. The van der Waals surface area contributed by atoms with Crippen molar-refractivity contribution in [3.63, 3.8) is 0 Å². The first-order chi connectivity index (χ1) is 16.0. The number of aliphatic carboxylic acids is 1. The van der Waals surface area contributed by atoms with Gasteiger partial charge in [0.25, 0.3) is 5.91 Å². The molecule has 0 bridgehead atoms. The van der Waals surface area contributed by atoms with Gasteiger partial charge in [-0.3, -0.25) is 4.79 Å². The van der Waals surface area contributed by atoms with Gasteiger partial charge in [-0.25, -0.2) is 4.79 Å². The smallest absolute Gasteiger partial charge is 0.480 e. The second-order valence-electron chi connectivity index (χ2n) is 8.82. The molecule has 5 nitrogen and oxygen atoms in total. The molecule has 2 aromatic carbocycles. The van der Waals surface area contributed by atoms with Crippen LogP contribution in [0.5, 0.6) is 0 Å². The Morgan fingerprint density at radius 1 is 1.12 bits per heavy atom. The number of carbonyl (C=O) groups excluding carboxylic acids is 1. The van der Waals surface area contributed by atoms with E-state index >= 15 is 0 Å². The third-order valence-corrected chi connectivity index (χ3v) is 7.24. The number of methoxy groups -OCH3 is 1. The zero-order valence-electron chi connectivity index (χ0n) is 20.8. The third-order valence-electron chi connectivity index (χ3n) is 6.60. The number of nitrogens with one attached hydrogen (secondary N) is 1. The number of amides is 1. The van der Waals surface area contributed by atoms with E-state index < -0.39 is 12.0 Å². The first-order valence-electron chi connectivity index (χ1n) is 11.7. The first kappa shape index (κ1) is 28.5. The van der Waals surface area contributed by atoms with Crippen LogP contribution in [0.4, 0.5) is 0 Å². The second-order valence-corrected chi connectivity index (χ2v) is 9.81. The van der Waals surface area contributed by atoms with Crippen molar-refractivity contribution in [1.82, 2.24) is 5.32 Å². The predicted molar refractivity (Wildman–Crippen MR) is 135 cm³/mol. The zero-order valence-corrected chi connectivity index (χ0v) is 21.6. The number of benzene rings is 2. The van der Waals surface area contributed by atoms with Gasteiger partial charge in [-0.15, -0.1) is 0 Å². The number of carbonyl (C=O) groups is 2. The van der Waals surface area contributed by atoms with Crippen molar-refractivity contribution < 1.29 is 38.3 Å². The van der Waals surface area contributed by atoms with E-state index in [1.165, 1.54) is 19.3 Å². The van der Waals surface area contributed by atoms with Crippen LogP contribution >= 0.6 is 11.8 Å². The van der Waals surface area contributed by atoms with E-state index in [9.17, 15) is 14.7 Å². The summed E-state index contributed by atoms with van der Waals surface area (Å²) < 4.78 is 5.96. The Kier molecular flexibility index (Phi) is 11.7. The molecular formula is C27H35LiNO4S+. The standard InChI is InChI=1S/C27H35NO4S.Li/c1-18-9-7-8-12-21(18)23-17-20(25(32-2)19-10-5-4-6-11-19)13-14-22(23)26(29)28-24(27(30)31)15-16-33-3;/h7-9,12-14,17,19,24-25H,4-6,10-11,15-16H2,1-3H3,(H,28,29)(H,30,31);/q;+1. The maximum atomic E-state index is 13.3.